The SMILES string of the molecule is CCCCCCCCCCCCCCCCCCNC(=O)OC(C)(C#CC(C)(CCC(C)C)OC(=O)NCCCCCCCCCCCCCCCCCC)CCC(C)C. The van der Waals surface area contributed by atoms with E-state index in [0.29, 0.717) is 37.8 Å². The Kier molecular flexibility index (Phi) is 39.8. The number of hydrogen-bond donors (Lipinski definition) is 2. The molecule has 6 heteroatoms. The maximum atomic E-state index is 13.0. The summed E-state index contributed by atoms with van der Waals surface area (Å²) in [5, 5.41) is 5.97. The van der Waals surface area contributed by atoms with E-state index in [1.165, 1.54) is 180 Å². The van der Waals surface area contributed by atoms with Gasteiger partial charge in [0.05, 0.1) is 0 Å². The Bertz CT molecular complexity index is 956. The number of nitrogens with one attached hydrogen (secondary N) is 2. The number of ether oxygens (including phenoxy) is 2. The van der Waals surface area contributed by atoms with Crippen LogP contribution in [-0.4, -0.2) is 36.5 Å². The van der Waals surface area contributed by atoms with Gasteiger partial charge in [-0.05, 0) is 64.2 Å². The van der Waals surface area contributed by atoms with Crippen molar-refractivity contribution >= 4 is 12.2 Å². The third-order valence-corrected chi connectivity index (χ3v) is 12.2. The molecule has 0 saturated heterocycles. The predicted molar refractivity (Wildman–Crippen MR) is 261 cm³/mol. The van der Waals surface area contributed by atoms with Gasteiger partial charge in [0, 0.05) is 13.1 Å². The zero-order chi connectivity index (χ0) is 44.4. The van der Waals surface area contributed by atoms with Crippen molar-refractivity contribution in [3.8, 4) is 11.8 Å². The van der Waals surface area contributed by atoms with Crippen LogP contribution >= 0.6 is 0 Å². The summed E-state index contributed by atoms with van der Waals surface area (Å²) in [6.07, 6.45) is 44.6. The first-order chi connectivity index (χ1) is 28.9. The predicted octanol–water partition coefficient (Wildman–Crippen LogP) is 17.4. The maximum Gasteiger partial charge on any atom is 0.408 e. The summed E-state index contributed by atoms with van der Waals surface area (Å²) in [5.41, 5.74) is -1.95. The molecule has 0 aromatic heterocycles. The van der Waals surface area contributed by atoms with Crippen molar-refractivity contribution < 1.29 is 19.1 Å². The highest BCUT2D eigenvalue weighted by molar-refractivity contribution is 5.69. The molecule has 60 heavy (non-hydrogen) atoms. The first-order valence-corrected chi connectivity index (χ1v) is 26.4. The molecule has 0 aromatic rings. The summed E-state index contributed by atoms with van der Waals surface area (Å²) < 4.78 is 12.1. The summed E-state index contributed by atoms with van der Waals surface area (Å²) in [5.74, 6) is 7.49. The first kappa shape index (κ1) is 58.1. The van der Waals surface area contributed by atoms with E-state index in [1.54, 1.807) is 0 Å². The van der Waals surface area contributed by atoms with Crippen LogP contribution in [0, 0.1) is 23.7 Å². The van der Waals surface area contributed by atoms with Crippen molar-refractivity contribution in [2.45, 2.75) is 298 Å². The minimum absolute atomic E-state index is 0.419. The van der Waals surface area contributed by atoms with Crippen LogP contribution in [0.3, 0.4) is 0 Å². The first-order valence-electron chi connectivity index (χ1n) is 26.4. The van der Waals surface area contributed by atoms with E-state index in [0.717, 1.165) is 38.5 Å². The molecule has 2 atom stereocenters. The molecule has 0 aromatic carbocycles. The third kappa shape index (κ3) is 40.2. The molecular weight excluding hydrogens is 741 g/mol. The lowest BCUT2D eigenvalue weighted by molar-refractivity contribution is 0.0483. The van der Waals surface area contributed by atoms with Crippen LogP contribution in [0.15, 0.2) is 0 Å². The second-order valence-electron chi connectivity index (χ2n) is 19.8. The van der Waals surface area contributed by atoms with E-state index < -0.39 is 23.4 Å². The smallest absolute Gasteiger partial charge is 0.408 e. The standard InChI is InChI=1S/C54H104N2O4/c1-9-11-13-15-17-19-21-23-25-27-29-31-33-35-37-39-47-55-51(57)59-53(7,43-41-49(3)4)45-46-54(8,44-42-50(5)6)60-52(58)56-48-40-38-36-34-32-30-28-26-24-22-20-18-16-14-12-10-2/h49-50H,9-44,47-48H2,1-8H3,(H,55,57)(H,56,58). The molecule has 0 saturated carbocycles. The molecule has 2 N–H and O–H groups in total. The van der Waals surface area contributed by atoms with Crippen molar-refractivity contribution in [2.75, 3.05) is 13.1 Å². The second-order valence-corrected chi connectivity index (χ2v) is 19.8. The van der Waals surface area contributed by atoms with E-state index in [-0.39, 0.29) is 0 Å². The fourth-order valence-corrected chi connectivity index (χ4v) is 7.88. The lowest BCUT2D eigenvalue weighted by Gasteiger charge is -2.28. The lowest BCUT2D eigenvalue weighted by Crippen LogP contribution is -2.39. The van der Waals surface area contributed by atoms with Gasteiger partial charge in [0.2, 0.25) is 0 Å². The average molecular weight is 845 g/mol. The molecule has 0 spiro atoms. The third-order valence-electron chi connectivity index (χ3n) is 12.2. The summed E-state index contributed by atoms with van der Waals surface area (Å²) in [6, 6.07) is 0. The number of hydrogen-bond acceptors (Lipinski definition) is 4. The fourth-order valence-electron chi connectivity index (χ4n) is 7.88. The minimum atomic E-state index is -0.977. The van der Waals surface area contributed by atoms with Crippen LogP contribution in [0.5, 0.6) is 0 Å². The summed E-state index contributed by atoms with van der Waals surface area (Å²) in [7, 11) is 0. The molecule has 6 nitrogen and oxygen atoms in total. The Morgan fingerprint density at radius 3 is 0.833 bits per heavy atom. The van der Waals surface area contributed by atoms with Crippen LogP contribution in [0.4, 0.5) is 9.59 Å². The van der Waals surface area contributed by atoms with Gasteiger partial charge in [-0.2, -0.15) is 0 Å². The van der Waals surface area contributed by atoms with Gasteiger partial charge in [0.15, 0.2) is 11.2 Å². The number of carbonyl (C=O) groups is 2. The highest BCUT2D eigenvalue weighted by atomic mass is 16.6. The molecule has 0 fully saturated rings. The van der Waals surface area contributed by atoms with Gasteiger partial charge in [-0.1, -0.05) is 246 Å². The Morgan fingerprint density at radius 2 is 0.617 bits per heavy atom. The summed E-state index contributed by atoms with van der Waals surface area (Å²) in [6.45, 7) is 18.3. The number of rotatable bonds is 42. The van der Waals surface area contributed by atoms with Crippen molar-refractivity contribution in [2.24, 2.45) is 11.8 Å². The van der Waals surface area contributed by atoms with Gasteiger partial charge < -0.3 is 20.1 Å². The van der Waals surface area contributed by atoms with E-state index in [9.17, 15) is 9.59 Å². The van der Waals surface area contributed by atoms with Gasteiger partial charge in [-0.15, -0.1) is 0 Å². The van der Waals surface area contributed by atoms with Crippen molar-refractivity contribution in [3.63, 3.8) is 0 Å². The lowest BCUT2D eigenvalue weighted by atomic mass is 9.91. The Balaban J connectivity index is 4.55. The van der Waals surface area contributed by atoms with E-state index >= 15 is 0 Å². The molecule has 0 aliphatic rings. The number of carbonyl (C=O) groups excluding carboxylic acids is 2. The Morgan fingerprint density at radius 1 is 0.400 bits per heavy atom. The van der Waals surface area contributed by atoms with Gasteiger partial charge in [0.1, 0.15) is 0 Å². The van der Waals surface area contributed by atoms with Crippen LogP contribution in [0.25, 0.3) is 0 Å². The Labute approximate surface area is 375 Å². The zero-order valence-electron chi connectivity index (χ0n) is 41.7. The molecule has 0 aliphatic heterocycles. The van der Waals surface area contributed by atoms with Crippen LogP contribution in [0.1, 0.15) is 287 Å². The topological polar surface area (TPSA) is 76.7 Å². The molecule has 0 radical (unpaired) electrons. The number of unbranched alkanes of at least 4 members (excludes halogenated alkanes) is 30. The maximum absolute atomic E-state index is 13.0. The van der Waals surface area contributed by atoms with Gasteiger partial charge in [-0.25, -0.2) is 9.59 Å². The summed E-state index contributed by atoms with van der Waals surface area (Å²) in [4.78, 5) is 26.0. The molecule has 354 valence electrons. The molecule has 2 unspecified atom stereocenters. The fraction of sp³-hybridized carbons (Fsp3) is 0.926. The van der Waals surface area contributed by atoms with Gasteiger partial charge in [0.25, 0.3) is 0 Å². The zero-order valence-corrected chi connectivity index (χ0v) is 41.7. The largest absolute Gasteiger partial charge is 0.430 e. The van der Waals surface area contributed by atoms with E-state index in [1.807, 2.05) is 13.8 Å². The minimum Gasteiger partial charge on any atom is -0.430 e. The quantitative estimate of drug-likeness (QED) is 0.0474. The van der Waals surface area contributed by atoms with Crippen molar-refractivity contribution in [1.29, 1.82) is 0 Å². The highest BCUT2D eigenvalue weighted by Gasteiger charge is 2.31. The second kappa shape index (κ2) is 41.1. The average Bonchev–Trinajstić information content (AvgIpc) is 3.21. The van der Waals surface area contributed by atoms with E-state index in [2.05, 4.69) is 64.0 Å². The van der Waals surface area contributed by atoms with Crippen LogP contribution < -0.4 is 10.6 Å². The number of alkyl carbamates (subject to hydrolysis) is 2. The molecule has 0 rings (SSSR count). The molecular formula is C54H104N2O4. The van der Waals surface area contributed by atoms with Gasteiger partial charge in [-0.3, -0.25) is 0 Å². The van der Waals surface area contributed by atoms with Crippen molar-refractivity contribution in [3.05, 3.63) is 0 Å². The monoisotopic (exact) mass is 845 g/mol. The molecule has 0 heterocycles. The molecule has 0 bridgehead atoms. The normalized spacial score (nSPS) is 13.4. The van der Waals surface area contributed by atoms with Crippen molar-refractivity contribution in [1.82, 2.24) is 10.6 Å². The highest BCUT2D eigenvalue weighted by Crippen LogP contribution is 2.25. The van der Waals surface area contributed by atoms with Crippen LogP contribution in [0.2, 0.25) is 0 Å². The van der Waals surface area contributed by atoms with E-state index in [4.69, 9.17) is 9.47 Å². The van der Waals surface area contributed by atoms with Crippen LogP contribution in [-0.2, 0) is 9.47 Å². The van der Waals surface area contributed by atoms with Gasteiger partial charge >= 0.3 is 12.2 Å². The Hall–Kier alpha value is -1.90. The molecule has 0 aliphatic carbocycles. The summed E-state index contributed by atoms with van der Waals surface area (Å²) >= 11 is 0. The molecule has 2 amide bonds. The number of amides is 2.